The van der Waals surface area contributed by atoms with Crippen LogP contribution in [0.1, 0.15) is 52.4 Å². The van der Waals surface area contributed by atoms with Crippen molar-refractivity contribution in [2.45, 2.75) is 64.0 Å². The summed E-state index contributed by atoms with van der Waals surface area (Å²) in [6.45, 7) is 4.30. The minimum absolute atomic E-state index is 0.143. The molecule has 2 fully saturated rings. The molecule has 2 N–H and O–H groups in total. The summed E-state index contributed by atoms with van der Waals surface area (Å²) in [5.74, 6) is 0.440. The van der Waals surface area contributed by atoms with Crippen LogP contribution in [0.25, 0.3) is 0 Å². The number of rotatable bonds is 4. The molecule has 1 saturated carbocycles. The minimum atomic E-state index is -0.888. The van der Waals surface area contributed by atoms with Gasteiger partial charge < -0.3 is 10.4 Å². The van der Waals surface area contributed by atoms with Crippen molar-refractivity contribution < 1.29 is 14.7 Å². The molecule has 1 aliphatic heterocycles. The molecule has 0 aromatic carbocycles. The maximum atomic E-state index is 12.1. The Kier molecular flexibility index (Phi) is 4.13. The van der Waals surface area contributed by atoms with Crippen LogP contribution in [0, 0.1) is 5.92 Å². The molecular formula is C14H24N2O3. The lowest BCUT2D eigenvalue weighted by Gasteiger charge is -2.36. The van der Waals surface area contributed by atoms with E-state index in [1.54, 1.807) is 0 Å². The third-order valence-electron chi connectivity index (χ3n) is 4.34. The van der Waals surface area contributed by atoms with Crippen LogP contribution < -0.4 is 5.32 Å². The fraction of sp³-hybridized carbons (Fsp3) is 0.857. The van der Waals surface area contributed by atoms with E-state index in [1.165, 1.54) is 4.90 Å². The third-order valence-corrected chi connectivity index (χ3v) is 4.34. The van der Waals surface area contributed by atoms with Gasteiger partial charge in [-0.15, -0.1) is 0 Å². The van der Waals surface area contributed by atoms with Crippen LogP contribution in [-0.2, 0) is 4.79 Å². The molecule has 1 unspecified atom stereocenters. The molecule has 5 nitrogen and oxygen atoms in total. The van der Waals surface area contributed by atoms with E-state index in [0.717, 1.165) is 19.3 Å². The summed E-state index contributed by atoms with van der Waals surface area (Å²) in [6.07, 6.45) is 4.77. The van der Waals surface area contributed by atoms with E-state index < -0.39 is 11.6 Å². The molecule has 1 aliphatic carbocycles. The van der Waals surface area contributed by atoms with Gasteiger partial charge in [0.1, 0.15) is 6.04 Å². The van der Waals surface area contributed by atoms with Crippen molar-refractivity contribution in [2.75, 3.05) is 6.54 Å². The lowest BCUT2D eigenvalue weighted by atomic mass is 9.79. The van der Waals surface area contributed by atoms with Crippen molar-refractivity contribution in [3.05, 3.63) is 0 Å². The SMILES string of the molecule is CCCC1NC(=O)N(CC2(O)CCC(C)CC2)C1=O. The fourth-order valence-electron chi connectivity index (χ4n) is 2.96. The van der Waals surface area contributed by atoms with Crippen LogP contribution in [0.4, 0.5) is 4.79 Å². The number of amides is 3. The summed E-state index contributed by atoms with van der Waals surface area (Å²) in [6, 6.07) is -0.751. The molecule has 19 heavy (non-hydrogen) atoms. The van der Waals surface area contributed by atoms with Gasteiger partial charge in [-0.3, -0.25) is 9.69 Å². The van der Waals surface area contributed by atoms with E-state index in [-0.39, 0.29) is 18.5 Å². The molecule has 108 valence electrons. The highest BCUT2D eigenvalue weighted by atomic mass is 16.3. The normalized spacial score (nSPS) is 35.6. The van der Waals surface area contributed by atoms with Gasteiger partial charge in [0, 0.05) is 0 Å². The molecule has 1 saturated heterocycles. The Labute approximate surface area is 114 Å². The van der Waals surface area contributed by atoms with Gasteiger partial charge in [-0.05, 0) is 38.0 Å². The van der Waals surface area contributed by atoms with Crippen LogP contribution in [0.15, 0.2) is 0 Å². The number of carbonyl (C=O) groups is 2. The Hall–Kier alpha value is -1.10. The Morgan fingerprint density at radius 3 is 2.58 bits per heavy atom. The molecule has 0 spiro atoms. The van der Waals surface area contributed by atoms with Crippen molar-refractivity contribution in [2.24, 2.45) is 5.92 Å². The van der Waals surface area contributed by atoms with E-state index in [9.17, 15) is 14.7 Å². The average Bonchev–Trinajstić information content (AvgIpc) is 2.62. The van der Waals surface area contributed by atoms with Crippen LogP contribution in [0.5, 0.6) is 0 Å². The van der Waals surface area contributed by atoms with Crippen molar-refractivity contribution in [1.82, 2.24) is 10.2 Å². The van der Waals surface area contributed by atoms with Gasteiger partial charge in [-0.2, -0.15) is 0 Å². The molecule has 5 heteroatoms. The van der Waals surface area contributed by atoms with Crippen LogP contribution in [0.3, 0.4) is 0 Å². The summed E-state index contributed by atoms with van der Waals surface area (Å²) in [5, 5.41) is 13.2. The molecule has 0 radical (unpaired) electrons. The number of nitrogens with one attached hydrogen (secondary N) is 1. The first-order chi connectivity index (χ1) is 8.95. The number of urea groups is 1. The maximum absolute atomic E-state index is 12.1. The Morgan fingerprint density at radius 2 is 2.00 bits per heavy atom. The predicted molar refractivity (Wildman–Crippen MR) is 71.5 cm³/mol. The minimum Gasteiger partial charge on any atom is -0.388 e. The molecule has 1 heterocycles. The quantitative estimate of drug-likeness (QED) is 0.762. The molecule has 2 aliphatic rings. The first-order valence-corrected chi connectivity index (χ1v) is 7.29. The number of β-amino-alcohol motifs (C(OH)–C–C–N with tert-alkyl or cyclic N) is 1. The summed E-state index contributed by atoms with van der Waals surface area (Å²) in [5.41, 5.74) is -0.888. The maximum Gasteiger partial charge on any atom is 0.324 e. The van der Waals surface area contributed by atoms with Gasteiger partial charge >= 0.3 is 6.03 Å². The summed E-state index contributed by atoms with van der Waals surface area (Å²) in [4.78, 5) is 25.2. The smallest absolute Gasteiger partial charge is 0.324 e. The lowest BCUT2D eigenvalue weighted by Crippen LogP contribution is -2.48. The Bertz CT molecular complexity index is 362. The highest BCUT2D eigenvalue weighted by Gasteiger charge is 2.43. The molecular weight excluding hydrogens is 244 g/mol. The number of hydrogen-bond acceptors (Lipinski definition) is 3. The zero-order valence-corrected chi connectivity index (χ0v) is 11.8. The van der Waals surface area contributed by atoms with E-state index >= 15 is 0 Å². The first-order valence-electron chi connectivity index (χ1n) is 7.29. The lowest BCUT2D eigenvalue weighted by molar-refractivity contribution is -0.131. The van der Waals surface area contributed by atoms with Crippen LogP contribution in [-0.4, -0.2) is 40.1 Å². The van der Waals surface area contributed by atoms with E-state index in [0.29, 0.717) is 25.2 Å². The van der Waals surface area contributed by atoms with Crippen molar-refractivity contribution in [1.29, 1.82) is 0 Å². The largest absolute Gasteiger partial charge is 0.388 e. The first kappa shape index (κ1) is 14.3. The molecule has 0 aromatic rings. The Morgan fingerprint density at radius 1 is 1.37 bits per heavy atom. The number of aliphatic hydroxyl groups is 1. The summed E-state index contributed by atoms with van der Waals surface area (Å²) < 4.78 is 0. The number of hydrogen-bond donors (Lipinski definition) is 2. The van der Waals surface area contributed by atoms with Crippen molar-refractivity contribution in [3.63, 3.8) is 0 Å². The topological polar surface area (TPSA) is 69.6 Å². The Balaban J connectivity index is 1.98. The van der Waals surface area contributed by atoms with Crippen LogP contribution >= 0.6 is 0 Å². The average molecular weight is 268 g/mol. The van der Waals surface area contributed by atoms with Gasteiger partial charge in [-0.25, -0.2) is 4.79 Å². The molecule has 3 amide bonds. The van der Waals surface area contributed by atoms with E-state index in [2.05, 4.69) is 12.2 Å². The number of imide groups is 1. The third kappa shape index (κ3) is 3.08. The molecule has 1 atom stereocenters. The van der Waals surface area contributed by atoms with Gasteiger partial charge in [0.05, 0.1) is 12.1 Å². The van der Waals surface area contributed by atoms with Gasteiger partial charge in [0.25, 0.3) is 5.91 Å². The highest BCUT2D eigenvalue weighted by molar-refractivity contribution is 6.04. The fourth-order valence-corrected chi connectivity index (χ4v) is 2.96. The molecule has 0 bridgehead atoms. The zero-order chi connectivity index (χ0) is 14.0. The molecule has 2 rings (SSSR count). The van der Waals surface area contributed by atoms with E-state index in [1.807, 2.05) is 6.92 Å². The van der Waals surface area contributed by atoms with Gasteiger partial charge in [-0.1, -0.05) is 20.3 Å². The standard InChI is InChI=1S/C14H24N2O3/c1-3-4-11-12(17)16(13(18)15-11)9-14(19)7-5-10(2)6-8-14/h10-11,19H,3-9H2,1-2H3,(H,15,18). The van der Waals surface area contributed by atoms with Gasteiger partial charge in [0.2, 0.25) is 0 Å². The number of nitrogens with zero attached hydrogens (tertiary/aromatic N) is 1. The van der Waals surface area contributed by atoms with E-state index in [4.69, 9.17) is 0 Å². The molecule has 0 aromatic heterocycles. The second-order valence-corrected chi connectivity index (χ2v) is 6.12. The monoisotopic (exact) mass is 268 g/mol. The second-order valence-electron chi connectivity index (χ2n) is 6.12. The van der Waals surface area contributed by atoms with Gasteiger partial charge in [0.15, 0.2) is 0 Å². The second kappa shape index (κ2) is 5.49. The summed E-state index contributed by atoms with van der Waals surface area (Å²) in [7, 11) is 0. The summed E-state index contributed by atoms with van der Waals surface area (Å²) >= 11 is 0. The number of carbonyl (C=O) groups excluding carboxylic acids is 2. The van der Waals surface area contributed by atoms with Crippen molar-refractivity contribution in [3.8, 4) is 0 Å². The highest BCUT2D eigenvalue weighted by Crippen LogP contribution is 2.33. The zero-order valence-electron chi connectivity index (χ0n) is 11.8. The predicted octanol–water partition coefficient (Wildman–Crippen LogP) is 1.65. The van der Waals surface area contributed by atoms with Crippen molar-refractivity contribution >= 4 is 11.9 Å². The van der Waals surface area contributed by atoms with Crippen LogP contribution in [0.2, 0.25) is 0 Å².